The Morgan fingerprint density at radius 2 is 2.10 bits per heavy atom. The molecule has 1 aromatic carbocycles. The third kappa shape index (κ3) is 3.13. The van der Waals surface area contributed by atoms with Gasteiger partial charge in [-0.05, 0) is 52.9 Å². The van der Waals surface area contributed by atoms with E-state index in [4.69, 9.17) is 27.1 Å². The summed E-state index contributed by atoms with van der Waals surface area (Å²) in [6.07, 6.45) is 6.20. The molecule has 1 aliphatic carbocycles. The third-order valence-electron chi connectivity index (χ3n) is 6.34. The van der Waals surface area contributed by atoms with Gasteiger partial charge in [-0.25, -0.2) is 14.6 Å². The molecule has 2 atom stereocenters. The number of benzene rings is 1. The number of pyridine rings is 1. The van der Waals surface area contributed by atoms with Gasteiger partial charge in [-0.3, -0.25) is 0 Å². The van der Waals surface area contributed by atoms with Crippen LogP contribution in [0.4, 0.5) is 11.8 Å². The first kappa shape index (κ1) is 19.6. The van der Waals surface area contributed by atoms with Crippen LogP contribution in [0.15, 0.2) is 41.3 Å². The maximum atomic E-state index is 6.83. The van der Waals surface area contributed by atoms with Gasteiger partial charge in [-0.2, -0.15) is 5.10 Å². The molecule has 9 heteroatoms. The fourth-order valence-corrected chi connectivity index (χ4v) is 5.62. The highest BCUT2D eigenvalue weighted by molar-refractivity contribution is 9.10. The van der Waals surface area contributed by atoms with Crippen LogP contribution in [0.3, 0.4) is 0 Å². The van der Waals surface area contributed by atoms with Crippen LogP contribution < -0.4 is 15.4 Å². The summed E-state index contributed by atoms with van der Waals surface area (Å²) in [5.41, 5.74) is 8.28. The Labute approximate surface area is 188 Å². The molecule has 2 aliphatic rings. The molecule has 5 rings (SSSR count). The van der Waals surface area contributed by atoms with Crippen LogP contribution in [-0.4, -0.2) is 33.4 Å². The number of rotatable bonds is 4. The van der Waals surface area contributed by atoms with E-state index in [1.165, 1.54) is 11.9 Å². The molecule has 2 N–H and O–H groups in total. The van der Waals surface area contributed by atoms with Gasteiger partial charge in [-0.1, -0.05) is 23.7 Å². The number of anilines is 2. The summed E-state index contributed by atoms with van der Waals surface area (Å²) < 4.78 is 7.96. The maximum absolute atomic E-state index is 6.83. The van der Waals surface area contributed by atoms with Gasteiger partial charge in [0, 0.05) is 30.3 Å². The van der Waals surface area contributed by atoms with Gasteiger partial charge in [0.2, 0.25) is 5.95 Å². The highest BCUT2D eigenvalue weighted by Gasteiger charge is 2.50. The van der Waals surface area contributed by atoms with E-state index >= 15 is 0 Å². The first-order valence-corrected chi connectivity index (χ1v) is 11.1. The SMILES string of the molecule is COc1ccc(CN2CC3(CCC(n4ncnc4N)C3)c3c2ncc(Br)c3Cl)cc1. The average Bonchev–Trinajstić information content (AvgIpc) is 3.44. The van der Waals surface area contributed by atoms with Crippen LogP contribution in [0.5, 0.6) is 5.75 Å². The first-order chi connectivity index (χ1) is 14.5. The van der Waals surface area contributed by atoms with E-state index in [1.807, 2.05) is 16.8 Å². The summed E-state index contributed by atoms with van der Waals surface area (Å²) >= 11 is 10.4. The molecule has 0 bridgehead atoms. The summed E-state index contributed by atoms with van der Waals surface area (Å²) in [5.74, 6) is 2.28. The molecule has 1 aliphatic heterocycles. The monoisotopic (exact) mass is 488 g/mol. The molecule has 3 heterocycles. The highest BCUT2D eigenvalue weighted by Crippen LogP contribution is 2.56. The lowest BCUT2D eigenvalue weighted by atomic mass is 9.81. The molecule has 3 aromatic rings. The molecule has 1 fully saturated rings. The van der Waals surface area contributed by atoms with Crippen molar-refractivity contribution in [1.82, 2.24) is 19.7 Å². The number of methoxy groups -OCH3 is 1. The largest absolute Gasteiger partial charge is 0.497 e. The second-order valence-corrected chi connectivity index (χ2v) is 9.29. The molecule has 2 unspecified atom stereocenters. The van der Waals surface area contributed by atoms with E-state index in [0.717, 1.165) is 59.0 Å². The zero-order valence-corrected chi connectivity index (χ0v) is 18.9. The van der Waals surface area contributed by atoms with Crippen molar-refractivity contribution in [1.29, 1.82) is 0 Å². The van der Waals surface area contributed by atoms with Crippen molar-refractivity contribution in [3.63, 3.8) is 0 Å². The van der Waals surface area contributed by atoms with Crippen molar-refractivity contribution in [2.45, 2.75) is 37.3 Å². The minimum Gasteiger partial charge on any atom is -0.497 e. The Bertz CT molecular complexity index is 1090. The number of halogens is 2. The number of hydrogen-bond acceptors (Lipinski definition) is 6. The Morgan fingerprint density at radius 1 is 1.30 bits per heavy atom. The lowest BCUT2D eigenvalue weighted by molar-refractivity contribution is 0.411. The van der Waals surface area contributed by atoms with Gasteiger partial charge >= 0.3 is 0 Å². The van der Waals surface area contributed by atoms with E-state index in [-0.39, 0.29) is 11.5 Å². The molecule has 7 nitrogen and oxygen atoms in total. The number of nitrogens with zero attached hydrogens (tertiary/aromatic N) is 5. The number of fused-ring (bicyclic) bond motifs is 2. The molecule has 156 valence electrons. The smallest absolute Gasteiger partial charge is 0.218 e. The number of nitrogens with two attached hydrogens (primary N) is 1. The van der Waals surface area contributed by atoms with E-state index in [0.29, 0.717) is 5.95 Å². The summed E-state index contributed by atoms with van der Waals surface area (Å²) in [5, 5.41) is 5.10. The molecule has 30 heavy (non-hydrogen) atoms. The van der Waals surface area contributed by atoms with Crippen LogP contribution in [0.2, 0.25) is 5.02 Å². The zero-order valence-electron chi connectivity index (χ0n) is 16.6. The number of aromatic nitrogens is 4. The second-order valence-electron chi connectivity index (χ2n) is 8.06. The van der Waals surface area contributed by atoms with Gasteiger partial charge in [0.05, 0.1) is 22.6 Å². The van der Waals surface area contributed by atoms with Gasteiger partial charge in [-0.15, -0.1) is 0 Å². The normalized spacial score (nSPS) is 22.6. The standard InChI is InChI=1S/C21H22BrClN6O/c1-30-15-4-2-13(3-5-15)10-28-11-21(17-18(23)16(22)9-25-19(17)28)7-6-14(8-21)29-20(24)26-12-27-29/h2-5,9,12,14H,6-8,10-11H2,1H3,(H2,24,26,27). The fraction of sp³-hybridized carbons (Fsp3) is 0.381. The quantitative estimate of drug-likeness (QED) is 0.586. The van der Waals surface area contributed by atoms with Crippen molar-refractivity contribution in [3.8, 4) is 5.75 Å². The van der Waals surface area contributed by atoms with Crippen molar-refractivity contribution in [2.24, 2.45) is 0 Å². The van der Waals surface area contributed by atoms with Gasteiger partial charge in [0.25, 0.3) is 0 Å². The summed E-state index contributed by atoms with van der Waals surface area (Å²) in [7, 11) is 1.68. The van der Waals surface area contributed by atoms with Crippen molar-refractivity contribution >= 4 is 39.3 Å². The molecule has 0 amide bonds. The average molecular weight is 490 g/mol. The Morgan fingerprint density at radius 3 is 2.80 bits per heavy atom. The van der Waals surface area contributed by atoms with Gasteiger partial charge in [0.1, 0.15) is 17.9 Å². The van der Waals surface area contributed by atoms with Crippen LogP contribution in [-0.2, 0) is 12.0 Å². The Balaban J connectivity index is 1.49. The minimum absolute atomic E-state index is 0.0846. The molecule has 2 aromatic heterocycles. The Kier molecular flexibility index (Phi) is 4.86. The number of hydrogen-bond donors (Lipinski definition) is 1. The summed E-state index contributed by atoms with van der Waals surface area (Å²) in [6.45, 7) is 1.63. The van der Waals surface area contributed by atoms with Crippen LogP contribution >= 0.6 is 27.5 Å². The predicted octanol–water partition coefficient (Wildman–Crippen LogP) is 4.36. The fourth-order valence-electron chi connectivity index (χ4n) is 4.99. The topological polar surface area (TPSA) is 82.1 Å². The molecule has 1 saturated carbocycles. The maximum Gasteiger partial charge on any atom is 0.218 e. The number of ether oxygens (including phenoxy) is 1. The van der Waals surface area contributed by atoms with Crippen LogP contribution in [0, 0.1) is 0 Å². The predicted molar refractivity (Wildman–Crippen MR) is 120 cm³/mol. The molecular weight excluding hydrogens is 468 g/mol. The molecule has 0 saturated heterocycles. The van der Waals surface area contributed by atoms with E-state index in [9.17, 15) is 0 Å². The van der Waals surface area contributed by atoms with Gasteiger partial charge < -0.3 is 15.4 Å². The second kappa shape index (κ2) is 7.42. The zero-order chi connectivity index (χ0) is 20.9. The Hall–Kier alpha value is -2.32. The van der Waals surface area contributed by atoms with Crippen molar-refractivity contribution in [2.75, 3.05) is 24.3 Å². The van der Waals surface area contributed by atoms with E-state index < -0.39 is 0 Å². The third-order valence-corrected chi connectivity index (χ3v) is 7.56. The lowest BCUT2D eigenvalue weighted by Gasteiger charge is -2.26. The number of nitrogen functional groups attached to an aromatic ring is 1. The van der Waals surface area contributed by atoms with Crippen molar-refractivity contribution < 1.29 is 4.74 Å². The van der Waals surface area contributed by atoms with Crippen molar-refractivity contribution in [3.05, 3.63) is 57.4 Å². The summed E-state index contributed by atoms with van der Waals surface area (Å²) in [4.78, 5) is 11.2. The van der Waals surface area contributed by atoms with E-state index in [1.54, 1.807) is 13.3 Å². The van der Waals surface area contributed by atoms with Crippen LogP contribution in [0.1, 0.15) is 36.4 Å². The molecular formula is C21H22BrClN6O. The summed E-state index contributed by atoms with van der Waals surface area (Å²) in [6, 6.07) is 8.37. The van der Waals surface area contributed by atoms with Gasteiger partial charge in [0.15, 0.2) is 0 Å². The molecule has 1 spiro atoms. The molecule has 0 radical (unpaired) electrons. The lowest BCUT2D eigenvalue weighted by Crippen LogP contribution is -2.31. The van der Waals surface area contributed by atoms with E-state index in [2.05, 4.69) is 43.0 Å². The highest BCUT2D eigenvalue weighted by atomic mass is 79.9. The van der Waals surface area contributed by atoms with Crippen LogP contribution in [0.25, 0.3) is 0 Å². The minimum atomic E-state index is -0.0846. The first-order valence-electron chi connectivity index (χ1n) is 9.88.